The van der Waals surface area contributed by atoms with Crippen LogP contribution in [-0.2, 0) is 0 Å². The van der Waals surface area contributed by atoms with Crippen LogP contribution < -0.4 is 0 Å². The lowest BCUT2D eigenvalue weighted by atomic mass is 10.2. The molecule has 0 N–H and O–H groups in total. The molecular formula is C19H16N6O3. The van der Waals surface area contributed by atoms with Gasteiger partial charge in [0.05, 0.1) is 18.5 Å². The van der Waals surface area contributed by atoms with Gasteiger partial charge in [-0.15, -0.1) is 5.10 Å². The smallest absolute Gasteiger partial charge is 0.289 e. The maximum absolute atomic E-state index is 12.4. The molecule has 140 valence electrons. The summed E-state index contributed by atoms with van der Waals surface area (Å²) in [7, 11) is 0. The average Bonchev–Trinajstić information content (AvgIpc) is 3.54. The van der Waals surface area contributed by atoms with Crippen molar-refractivity contribution in [1.29, 1.82) is 0 Å². The first kappa shape index (κ1) is 16.4. The first-order valence-electron chi connectivity index (χ1n) is 8.92. The van der Waals surface area contributed by atoms with Crippen molar-refractivity contribution < 1.29 is 13.7 Å². The fourth-order valence-electron chi connectivity index (χ4n) is 3.28. The molecule has 9 heteroatoms. The van der Waals surface area contributed by atoms with Crippen molar-refractivity contribution in [3.05, 3.63) is 60.7 Å². The highest BCUT2D eigenvalue weighted by atomic mass is 16.5. The normalized spacial score (nSPS) is 16.6. The summed E-state index contributed by atoms with van der Waals surface area (Å²) in [6, 6.07) is 13.0. The number of carbonyl (C=O) groups excluding carboxylic acids is 1. The van der Waals surface area contributed by atoms with Crippen LogP contribution in [0, 0.1) is 0 Å². The summed E-state index contributed by atoms with van der Waals surface area (Å²) >= 11 is 0. The summed E-state index contributed by atoms with van der Waals surface area (Å²) in [4.78, 5) is 18.6. The zero-order valence-corrected chi connectivity index (χ0v) is 14.8. The monoisotopic (exact) mass is 376 g/mol. The van der Waals surface area contributed by atoms with Crippen LogP contribution in [0.15, 0.2) is 63.9 Å². The molecule has 1 atom stereocenters. The predicted octanol–water partition coefficient (Wildman–Crippen LogP) is 2.68. The molecule has 1 aromatic carbocycles. The largest absolute Gasteiger partial charge is 0.459 e. The predicted molar refractivity (Wildman–Crippen MR) is 97.0 cm³/mol. The van der Waals surface area contributed by atoms with Gasteiger partial charge in [0.25, 0.3) is 11.8 Å². The molecule has 0 unspecified atom stereocenters. The molecule has 0 bridgehead atoms. The van der Waals surface area contributed by atoms with Gasteiger partial charge in [0.1, 0.15) is 0 Å². The van der Waals surface area contributed by atoms with Crippen molar-refractivity contribution in [3.8, 4) is 23.0 Å². The summed E-state index contributed by atoms with van der Waals surface area (Å²) in [5.41, 5.74) is 1.37. The Morgan fingerprint density at radius 1 is 1.14 bits per heavy atom. The van der Waals surface area contributed by atoms with E-state index < -0.39 is 0 Å². The second kappa shape index (κ2) is 6.76. The number of hydrogen-bond acceptors (Lipinski definition) is 7. The fraction of sp³-hybridized carbons (Fsp3) is 0.211. The highest BCUT2D eigenvalue weighted by molar-refractivity contribution is 5.91. The molecule has 1 saturated heterocycles. The van der Waals surface area contributed by atoms with Crippen molar-refractivity contribution >= 4 is 5.91 Å². The lowest BCUT2D eigenvalue weighted by molar-refractivity contribution is 0.0755. The summed E-state index contributed by atoms with van der Waals surface area (Å²) in [5.74, 6) is 1.05. The Hall–Kier alpha value is -3.75. The molecule has 28 heavy (non-hydrogen) atoms. The number of amides is 1. The third kappa shape index (κ3) is 2.96. The lowest BCUT2D eigenvalue weighted by Crippen LogP contribution is -2.28. The third-order valence-corrected chi connectivity index (χ3v) is 4.74. The SMILES string of the molecule is O=C(c1ccco1)N1CC[C@H](n2cc(-c3nc(-c4ccccc4)no3)nn2)C1. The van der Waals surface area contributed by atoms with Crippen LogP contribution in [0.1, 0.15) is 23.0 Å². The summed E-state index contributed by atoms with van der Waals surface area (Å²) in [5, 5.41) is 12.4. The summed E-state index contributed by atoms with van der Waals surface area (Å²) in [6.45, 7) is 1.18. The number of nitrogens with zero attached hydrogens (tertiary/aromatic N) is 6. The van der Waals surface area contributed by atoms with E-state index in [0.29, 0.717) is 36.3 Å². The maximum atomic E-state index is 12.4. The molecule has 4 aromatic rings. The van der Waals surface area contributed by atoms with E-state index in [0.717, 1.165) is 12.0 Å². The molecule has 4 heterocycles. The number of furan rings is 1. The lowest BCUT2D eigenvalue weighted by Gasteiger charge is -2.14. The van der Waals surface area contributed by atoms with E-state index in [-0.39, 0.29) is 11.9 Å². The topological polar surface area (TPSA) is 103 Å². The van der Waals surface area contributed by atoms with Crippen LogP contribution in [-0.4, -0.2) is 49.0 Å². The van der Waals surface area contributed by atoms with Gasteiger partial charge in [0.2, 0.25) is 5.82 Å². The molecule has 0 spiro atoms. The zero-order chi connectivity index (χ0) is 18.9. The Kier molecular flexibility index (Phi) is 3.97. The van der Waals surface area contributed by atoms with Crippen LogP contribution in [0.25, 0.3) is 23.0 Å². The average molecular weight is 376 g/mol. The highest BCUT2D eigenvalue weighted by Crippen LogP contribution is 2.25. The van der Waals surface area contributed by atoms with E-state index in [1.165, 1.54) is 6.26 Å². The molecular weight excluding hydrogens is 360 g/mol. The Labute approximate surface area is 159 Å². The van der Waals surface area contributed by atoms with Crippen molar-refractivity contribution in [2.24, 2.45) is 0 Å². The van der Waals surface area contributed by atoms with E-state index in [1.54, 1.807) is 27.9 Å². The van der Waals surface area contributed by atoms with Crippen molar-refractivity contribution in [2.75, 3.05) is 13.1 Å². The second-order valence-corrected chi connectivity index (χ2v) is 6.54. The molecule has 0 radical (unpaired) electrons. The van der Waals surface area contributed by atoms with E-state index in [9.17, 15) is 4.79 Å². The van der Waals surface area contributed by atoms with Gasteiger partial charge in [0.15, 0.2) is 11.5 Å². The maximum Gasteiger partial charge on any atom is 0.289 e. The van der Waals surface area contributed by atoms with E-state index >= 15 is 0 Å². The minimum absolute atomic E-state index is 0.0386. The summed E-state index contributed by atoms with van der Waals surface area (Å²) in [6.07, 6.45) is 4.06. The van der Waals surface area contributed by atoms with Gasteiger partial charge in [-0.05, 0) is 18.6 Å². The molecule has 1 fully saturated rings. The number of benzene rings is 1. The first-order valence-corrected chi connectivity index (χ1v) is 8.92. The molecule has 1 aliphatic heterocycles. The van der Waals surface area contributed by atoms with Gasteiger partial charge < -0.3 is 13.8 Å². The van der Waals surface area contributed by atoms with Crippen LogP contribution >= 0.6 is 0 Å². The highest BCUT2D eigenvalue weighted by Gasteiger charge is 2.30. The van der Waals surface area contributed by atoms with Crippen LogP contribution in [0.2, 0.25) is 0 Å². The van der Waals surface area contributed by atoms with Crippen molar-refractivity contribution in [3.63, 3.8) is 0 Å². The van der Waals surface area contributed by atoms with Crippen LogP contribution in [0.4, 0.5) is 0 Å². The molecule has 0 saturated carbocycles. The molecule has 3 aromatic heterocycles. The standard InChI is InChI=1S/C19H16N6O3/c26-19(16-7-4-10-27-16)24-9-8-14(11-24)25-12-15(21-23-25)18-20-17(22-28-18)13-5-2-1-3-6-13/h1-7,10,12,14H,8-9,11H2/t14-/m0/s1. The third-order valence-electron chi connectivity index (χ3n) is 4.74. The first-order chi connectivity index (χ1) is 13.8. The number of likely N-dealkylation sites (tertiary alicyclic amines) is 1. The Morgan fingerprint density at radius 3 is 2.86 bits per heavy atom. The quantitative estimate of drug-likeness (QED) is 0.539. The van der Waals surface area contributed by atoms with Gasteiger partial charge in [-0.1, -0.05) is 40.7 Å². The van der Waals surface area contributed by atoms with Crippen LogP contribution in [0.3, 0.4) is 0 Å². The van der Waals surface area contributed by atoms with Crippen molar-refractivity contribution in [1.82, 2.24) is 30.0 Å². The van der Waals surface area contributed by atoms with Gasteiger partial charge >= 0.3 is 0 Å². The van der Waals surface area contributed by atoms with Gasteiger partial charge in [-0.25, -0.2) is 4.68 Å². The molecule has 1 aliphatic rings. The zero-order valence-electron chi connectivity index (χ0n) is 14.8. The van der Waals surface area contributed by atoms with Gasteiger partial charge in [-0.2, -0.15) is 4.98 Å². The minimum Gasteiger partial charge on any atom is -0.459 e. The summed E-state index contributed by atoms with van der Waals surface area (Å²) < 4.78 is 12.3. The Morgan fingerprint density at radius 2 is 2.04 bits per heavy atom. The Balaban J connectivity index is 1.31. The minimum atomic E-state index is -0.114. The second-order valence-electron chi connectivity index (χ2n) is 6.54. The van der Waals surface area contributed by atoms with E-state index in [1.807, 2.05) is 30.3 Å². The van der Waals surface area contributed by atoms with Crippen LogP contribution in [0.5, 0.6) is 0 Å². The Bertz CT molecular complexity index is 1090. The molecule has 1 amide bonds. The number of rotatable bonds is 4. The molecule has 5 rings (SSSR count). The van der Waals surface area contributed by atoms with Gasteiger partial charge in [-0.3, -0.25) is 4.79 Å². The van der Waals surface area contributed by atoms with E-state index in [4.69, 9.17) is 8.94 Å². The van der Waals surface area contributed by atoms with Crippen molar-refractivity contribution in [2.45, 2.75) is 12.5 Å². The number of carbonyl (C=O) groups is 1. The molecule has 9 nitrogen and oxygen atoms in total. The van der Waals surface area contributed by atoms with E-state index in [2.05, 4.69) is 20.5 Å². The number of aromatic nitrogens is 5. The number of hydrogen-bond donors (Lipinski definition) is 0. The van der Waals surface area contributed by atoms with Gasteiger partial charge in [0, 0.05) is 18.7 Å². The fourth-order valence-corrected chi connectivity index (χ4v) is 3.28. The molecule has 0 aliphatic carbocycles.